The number of hydrogen-bond acceptors (Lipinski definition) is 3. The number of benzene rings is 10. The summed E-state index contributed by atoms with van der Waals surface area (Å²) in [7, 11) is 0. The molecule has 0 aliphatic carbocycles. The minimum atomic E-state index is 0.873. The van der Waals surface area contributed by atoms with Crippen molar-refractivity contribution < 1.29 is 4.42 Å². The summed E-state index contributed by atoms with van der Waals surface area (Å²) in [6, 6.07) is 79.1. The predicted molar refractivity (Wildman–Crippen MR) is 264 cm³/mol. The number of aromatic nitrogens is 1. The Bertz CT molecular complexity index is 3860. The molecular formula is C58H36N2OS. The number of rotatable bonds is 6. The molecule has 0 unspecified atom stereocenters. The molecule has 0 saturated carbocycles. The molecule has 3 nitrogen and oxygen atoms in total. The number of hydrogen-bond donors (Lipinski definition) is 0. The Morgan fingerprint density at radius 2 is 1.11 bits per heavy atom. The highest BCUT2D eigenvalue weighted by Crippen LogP contribution is 2.47. The van der Waals surface area contributed by atoms with Crippen LogP contribution in [0.1, 0.15) is 0 Å². The summed E-state index contributed by atoms with van der Waals surface area (Å²) in [6.07, 6.45) is 0. The smallest absolute Gasteiger partial charge is 0.143 e. The number of anilines is 3. The molecule has 0 atom stereocenters. The van der Waals surface area contributed by atoms with Gasteiger partial charge in [0.1, 0.15) is 11.2 Å². The van der Waals surface area contributed by atoms with Crippen LogP contribution in [0.2, 0.25) is 0 Å². The zero-order chi connectivity index (χ0) is 40.7. The molecule has 0 aliphatic rings. The van der Waals surface area contributed by atoms with Gasteiger partial charge < -0.3 is 13.9 Å². The topological polar surface area (TPSA) is 21.3 Å². The maximum absolute atomic E-state index is 6.65. The molecule has 3 heterocycles. The minimum Gasteiger partial charge on any atom is -0.455 e. The van der Waals surface area contributed by atoms with Gasteiger partial charge >= 0.3 is 0 Å². The third kappa shape index (κ3) is 5.37. The first-order valence-corrected chi connectivity index (χ1v) is 21.9. The highest BCUT2D eigenvalue weighted by Gasteiger charge is 2.22. The number of fused-ring (bicyclic) bond motifs is 11. The Labute approximate surface area is 361 Å². The molecule has 0 aliphatic heterocycles. The monoisotopic (exact) mass is 808 g/mol. The van der Waals surface area contributed by atoms with Crippen LogP contribution in [0.5, 0.6) is 0 Å². The van der Waals surface area contributed by atoms with Gasteiger partial charge in [-0.25, -0.2) is 0 Å². The Hall–Kier alpha value is -7.92. The van der Waals surface area contributed by atoms with E-state index in [1.807, 2.05) is 11.3 Å². The number of thiophene rings is 1. The van der Waals surface area contributed by atoms with E-state index in [0.717, 1.165) is 61.4 Å². The summed E-state index contributed by atoms with van der Waals surface area (Å²) >= 11 is 1.85. The molecule has 4 heteroatoms. The third-order valence-corrected chi connectivity index (χ3v) is 13.7. The highest BCUT2D eigenvalue weighted by molar-refractivity contribution is 7.26. The van der Waals surface area contributed by atoms with Crippen LogP contribution in [-0.4, -0.2) is 4.57 Å². The van der Waals surface area contributed by atoms with Crippen LogP contribution < -0.4 is 4.90 Å². The van der Waals surface area contributed by atoms with Crippen LogP contribution in [-0.2, 0) is 0 Å². The van der Waals surface area contributed by atoms with E-state index in [1.54, 1.807) is 0 Å². The average molecular weight is 809 g/mol. The molecule has 13 rings (SSSR count). The molecule has 13 aromatic rings. The molecule has 290 valence electrons. The second kappa shape index (κ2) is 13.8. The van der Waals surface area contributed by atoms with Gasteiger partial charge in [0.15, 0.2) is 0 Å². The molecule has 0 fully saturated rings. The van der Waals surface area contributed by atoms with Gasteiger partial charge in [0.05, 0.1) is 16.7 Å². The van der Waals surface area contributed by atoms with Gasteiger partial charge in [-0.15, -0.1) is 11.3 Å². The standard InChI is InChI=1S/C58H36N2OS/c1-3-13-38(14-4-1)45-20-11-21-48-50-36-43(31-34-53(50)61-58(45)48)59(51-22-12-24-55-56(51)49-19-9-10-23-54(49)62-55)42-29-25-37(26-30-42)40-28-32-46-47-33-27-39-15-7-8-18-44(39)57(47)60(52(46)35-40)41-16-5-2-6-17-41/h1-36H. The molecule has 0 N–H and O–H groups in total. The first kappa shape index (κ1) is 34.9. The third-order valence-electron chi connectivity index (χ3n) is 12.6. The van der Waals surface area contributed by atoms with E-state index in [1.165, 1.54) is 58.3 Å². The summed E-state index contributed by atoms with van der Waals surface area (Å²) in [5, 5.41) is 9.72. The maximum Gasteiger partial charge on any atom is 0.143 e. The molecule has 0 spiro atoms. The van der Waals surface area contributed by atoms with Crippen LogP contribution in [0.25, 0.3) is 103 Å². The van der Waals surface area contributed by atoms with Crippen molar-refractivity contribution in [3.05, 3.63) is 218 Å². The zero-order valence-electron chi connectivity index (χ0n) is 33.5. The van der Waals surface area contributed by atoms with Gasteiger partial charge in [0, 0.05) is 69.7 Å². The van der Waals surface area contributed by atoms with Crippen molar-refractivity contribution in [3.63, 3.8) is 0 Å². The van der Waals surface area contributed by atoms with Crippen molar-refractivity contribution >= 4 is 103 Å². The van der Waals surface area contributed by atoms with Gasteiger partial charge in [-0.05, 0) is 88.8 Å². The zero-order valence-corrected chi connectivity index (χ0v) is 34.3. The van der Waals surface area contributed by atoms with Gasteiger partial charge in [-0.2, -0.15) is 0 Å². The lowest BCUT2D eigenvalue weighted by Gasteiger charge is -2.27. The summed E-state index contributed by atoms with van der Waals surface area (Å²) < 4.78 is 11.6. The van der Waals surface area contributed by atoms with Crippen LogP contribution >= 0.6 is 11.3 Å². The minimum absolute atomic E-state index is 0.873. The Morgan fingerprint density at radius 1 is 0.419 bits per heavy atom. The van der Waals surface area contributed by atoms with Gasteiger partial charge in [0.25, 0.3) is 0 Å². The fraction of sp³-hybridized carbons (Fsp3) is 0. The molecule has 10 aromatic carbocycles. The first-order chi connectivity index (χ1) is 30.7. The largest absolute Gasteiger partial charge is 0.455 e. The molecular weight excluding hydrogens is 773 g/mol. The Morgan fingerprint density at radius 3 is 1.98 bits per heavy atom. The fourth-order valence-electron chi connectivity index (χ4n) is 9.75. The van der Waals surface area contributed by atoms with Crippen molar-refractivity contribution in [2.45, 2.75) is 0 Å². The fourth-order valence-corrected chi connectivity index (χ4v) is 10.9. The van der Waals surface area contributed by atoms with Crippen molar-refractivity contribution in [2.75, 3.05) is 4.90 Å². The van der Waals surface area contributed by atoms with E-state index in [4.69, 9.17) is 4.42 Å². The van der Waals surface area contributed by atoms with Crippen LogP contribution in [0.15, 0.2) is 223 Å². The van der Waals surface area contributed by atoms with E-state index in [0.29, 0.717) is 0 Å². The van der Waals surface area contributed by atoms with Crippen LogP contribution in [0, 0.1) is 0 Å². The lowest BCUT2D eigenvalue weighted by molar-refractivity contribution is 0.670. The van der Waals surface area contributed by atoms with E-state index >= 15 is 0 Å². The maximum atomic E-state index is 6.65. The molecule has 0 bridgehead atoms. The van der Waals surface area contributed by atoms with E-state index in [9.17, 15) is 0 Å². The first-order valence-electron chi connectivity index (χ1n) is 21.1. The van der Waals surface area contributed by atoms with Gasteiger partial charge in [-0.1, -0.05) is 152 Å². The van der Waals surface area contributed by atoms with E-state index in [-0.39, 0.29) is 0 Å². The van der Waals surface area contributed by atoms with Crippen molar-refractivity contribution in [2.24, 2.45) is 0 Å². The average Bonchev–Trinajstić information content (AvgIpc) is 4.02. The Kier molecular flexibility index (Phi) is 7.78. The summed E-state index contributed by atoms with van der Waals surface area (Å²) in [4.78, 5) is 2.42. The quantitative estimate of drug-likeness (QED) is 0.167. The second-order valence-electron chi connectivity index (χ2n) is 16.0. The van der Waals surface area contributed by atoms with Crippen molar-refractivity contribution in [1.29, 1.82) is 0 Å². The molecule has 0 amide bonds. The van der Waals surface area contributed by atoms with Crippen molar-refractivity contribution in [1.82, 2.24) is 4.57 Å². The normalized spacial score (nSPS) is 11.9. The van der Waals surface area contributed by atoms with Crippen LogP contribution in [0.3, 0.4) is 0 Å². The lowest BCUT2D eigenvalue weighted by atomic mass is 10.0. The molecule has 0 saturated heterocycles. The van der Waals surface area contributed by atoms with Gasteiger partial charge in [0.2, 0.25) is 0 Å². The number of para-hydroxylation sites is 2. The Balaban J connectivity index is 0.988. The second-order valence-corrected chi connectivity index (χ2v) is 17.1. The molecule has 62 heavy (non-hydrogen) atoms. The number of nitrogens with zero attached hydrogens (tertiary/aromatic N) is 2. The molecule has 3 aromatic heterocycles. The lowest BCUT2D eigenvalue weighted by Crippen LogP contribution is -2.10. The van der Waals surface area contributed by atoms with E-state index < -0.39 is 0 Å². The SMILES string of the molecule is c1ccc(-c2cccc3c2oc2ccc(N(c4ccc(-c5ccc6c7ccc8ccccc8c7n(-c7ccccc7)c6c5)cc4)c4cccc5sc6ccccc6c45)cc23)cc1. The number of furan rings is 1. The highest BCUT2D eigenvalue weighted by atomic mass is 32.1. The molecule has 0 radical (unpaired) electrons. The summed E-state index contributed by atoms with van der Waals surface area (Å²) in [5.74, 6) is 0. The van der Waals surface area contributed by atoms with Crippen LogP contribution in [0.4, 0.5) is 17.1 Å². The van der Waals surface area contributed by atoms with E-state index in [2.05, 4.69) is 228 Å². The summed E-state index contributed by atoms with van der Waals surface area (Å²) in [6.45, 7) is 0. The van der Waals surface area contributed by atoms with Crippen molar-refractivity contribution in [3.8, 4) is 27.9 Å². The predicted octanol–water partition coefficient (Wildman–Crippen LogP) is 17.0. The van der Waals surface area contributed by atoms with Gasteiger partial charge in [-0.3, -0.25) is 0 Å². The summed E-state index contributed by atoms with van der Waals surface area (Å²) in [5.41, 5.74) is 13.2.